The van der Waals surface area contributed by atoms with Crippen LogP contribution in [-0.4, -0.2) is 58.6 Å². The van der Waals surface area contributed by atoms with Crippen LogP contribution < -0.4 is 19.5 Å². The third-order valence-electron chi connectivity index (χ3n) is 8.55. The number of phenolic OH excluding ortho intramolecular Hbond substituents is 1. The zero-order valence-corrected chi connectivity index (χ0v) is 26.1. The molecule has 47 heavy (non-hydrogen) atoms. The Morgan fingerprint density at radius 2 is 1.83 bits per heavy atom. The van der Waals surface area contributed by atoms with Crippen LogP contribution in [0.5, 0.6) is 28.7 Å². The summed E-state index contributed by atoms with van der Waals surface area (Å²) >= 11 is 0. The van der Waals surface area contributed by atoms with Crippen LogP contribution in [-0.2, 0) is 6.42 Å². The highest BCUT2D eigenvalue weighted by Gasteiger charge is 2.35. The van der Waals surface area contributed by atoms with Crippen molar-refractivity contribution in [2.24, 2.45) is 0 Å². The predicted molar refractivity (Wildman–Crippen MR) is 175 cm³/mol. The smallest absolute Gasteiger partial charge is 0.275 e. The number of nitrogens with zero attached hydrogens (tertiary/aromatic N) is 2. The van der Waals surface area contributed by atoms with Crippen molar-refractivity contribution in [3.63, 3.8) is 0 Å². The molecule has 8 rings (SSSR count). The summed E-state index contributed by atoms with van der Waals surface area (Å²) in [4.78, 5) is 37.2. The molecule has 0 saturated carbocycles. The Kier molecular flexibility index (Phi) is 7.99. The molecule has 4 aromatic carbocycles. The first kappa shape index (κ1) is 29.9. The highest BCUT2D eigenvalue weighted by atomic mass is 16.5. The molecule has 10 nitrogen and oxygen atoms in total. The van der Waals surface area contributed by atoms with Crippen LogP contribution in [0.25, 0.3) is 11.4 Å². The molecule has 3 N–H and O–H groups in total. The second kappa shape index (κ2) is 12.6. The molecule has 3 aliphatic heterocycles. The van der Waals surface area contributed by atoms with Gasteiger partial charge in [-0.3, -0.25) is 9.59 Å². The molecule has 0 fully saturated rings. The Morgan fingerprint density at radius 1 is 1.02 bits per heavy atom. The molecule has 0 saturated heterocycles. The van der Waals surface area contributed by atoms with E-state index in [1.54, 1.807) is 13.2 Å². The van der Waals surface area contributed by atoms with Crippen LogP contribution in [0.4, 0.5) is 0 Å². The second-order valence-electron chi connectivity index (χ2n) is 11.6. The van der Waals surface area contributed by atoms with E-state index in [-0.39, 0.29) is 17.2 Å². The van der Waals surface area contributed by atoms with Crippen molar-refractivity contribution in [3.05, 3.63) is 119 Å². The number of H-pyrrole nitrogens is 1. The number of aryl methyl sites for hydroxylation is 1. The average molecular weight is 631 g/mol. The molecule has 5 aromatic rings. The Hall–Kier alpha value is -5.77. The van der Waals surface area contributed by atoms with Crippen molar-refractivity contribution in [1.82, 2.24) is 20.2 Å². The molecule has 2 amide bonds. The SMILES string of the molecule is COc1ccc2cc1OCCCNC(=O)c1cc(ccc1O)Oc1ccc3c(c1)CCN(C(=O)c1nc(-c4ccccc4)[nH]c1C)C23. The number of aromatic amines is 1. The molecule has 3 aliphatic rings. The summed E-state index contributed by atoms with van der Waals surface area (Å²) in [6.07, 6.45) is 1.10. The van der Waals surface area contributed by atoms with Gasteiger partial charge in [0.2, 0.25) is 0 Å². The van der Waals surface area contributed by atoms with Gasteiger partial charge in [-0.1, -0.05) is 42.5 Å². The lowest BCUT2D eigenvalue weighted by Crippen LogP contribution is -2.41. The quantitative estimate of drug-likeness (QED) is 0.217. The molecule has 4 heterocycles. The van der Waals surface area contributed by atoms with Crippen LogP contribution in [0.15, 0.2) is 84.9 Å². The minimum absolute atomic E-state index is 0.121. The van der Waals surface area contributed by atoms with E-state index < -0.39 is 11.9 Å². The fourth-order valence-electron chi connectivity index (χ4n) is 6.21. The molecule has 1 atom stereocenters. The minimum atomic E-state index is -0.441. The van der Waals surface area contributed by atoms with Gasteiger partial charge in [-0.15, -0.1) is 0 Å². The summed E-state index contributed by atoms with van der Waals surface area (Å²) in [6.45, 7) is 2.94. The number of ether oxygens (including phenoxy) is 3. The van der Waals surface area contributed by atoms with Gasteiger partial charge < -0.3 is 34.5 Å². The van der Waals surface area contributed by atoms with E-state index >= 15 is 0 Å². The molecule has 0 radical (unpaired) electrons. The van der Waals surface area contributed by atoms with Gasteiger partial charge in [0.1, 0.15) is 28.8 Å². The zero-order chi connectivity index (χ0) is 32.5. The van der Waals surface area contributed by atoms with Crippen LogP contribution in [0.2, 0.25) is 0 Å². The lowest BCUT2D eigenvalue weighted by molar-refractivity contribution is 0.0687. The zero-order valence-electron chi connectivity index (χ0n) is 26.1. The van der Waals surface area contributed by atoms with Crippen molar-refractivity contribution in [2.75, 3.05) is 26.8 Å². The van der Waals surface area contributed by atoms with Crippen LogP contribution in [0, 0.1) is 6.92 Å². The topological polar surface area (TPSA) is 126 Å². The average Bonchev–Trinajstić information content (AvgIpc) is 3.49. The number of aromatic hydroxyl groups is 1. The van der Waals surface area contributed by atoms with E-state index in [0.717, 1.165) is 22.3 Å². The Labute approximate surface area is 271 Å². The summed E-state index contributed by atoms with van der Waals surface area (Å²) in [5.41, 5.74) is 4.94. The number of methoxy groups -OCH3 is 1. The summed E-state index contributed by atoms with van der Waals surface area (Å²) in [6, 6.07) is 25.4. The van der Waals surface area contributed by atoms with Gasteiger partial charge in [0, 0.05) is 24.3 Å². The maximum atomic E-state index is 14.4. The number of fused-ring (bicyclic) bond motifs is 6. The molecule has 0 spiro atoms. The van der Waals surface area contributed by atoms with Gasteiger partial charge in [0.05, 0.1) is 25.3 Å². The molecule has 1 aromatic heterocycles. The van der Waals surface area contributed by atoms with Gasteiger partial charge in [0.25, 0.3) is 11.8 Å². The van der Waals surface area contributed by atoms with Crippen LogP contribution in [0.3, 0.4) is 0 Å². The number of nitrogens with one attached hydrogen (secondary N) is 2. The standard InChI is InChI=1S/C37H34N4O6/c1-22-33(40-35(39-22)23-7-4-3-5-8-23)37(44)41-17-15-24-19-26-10-12-28(24)34(41)25-9-14-31(45-2)32(20-25)46-18-6-16-38-36(43)29-21-27(47-26)11-13-30(29)42/h3-5,7-14,19-21,34,42H,6,15-18H2,1-2H3,(H,38,43)(H,39,40). The number of rotatable bonds is 3. The van der Waals surface area contributed by atoms with E-state index in [1.807, 2.05) is 78.6 Å². The molecule has 10 heteroatoms. The van der Waals surface area contributed by atoms with E-state index in [1.165, 1.54) is 12.1 Å². The molecule has 8 bridgehead atoms. The van der Waals surface area contributed by atoms with Crippen molar-refractivity contribution in [3.8, 4) is 40.1 Å². The van der Waals surface area contributed by atoms with Crippen molar-refractivity contribution in [2.45, 2.75) is 25.8 Å². The largest absolute Gasteiger partial charge is 0.507 e. The first-order chi connectivity index (χ1) is 22.9. The summed E-state index contributed by atoms with van der Waals surface area (Å²) < 4.78 is 18.0. The first-order valence-electron chi connectivity index (χ1n) is 15.5. The number of carbonyl (C=O) groups is 2. The predicted octanol–water partition coefficient (Wildman–Crippen LogP) is 6.19. The summed E-state index contributed by atoms with van der Waals surface area (Å²) in [5.74, 6) is 2.01. The van der Waals surface area contributed by atoms with E-state index in [4.69, 9.17) is 19.2 Å². The molecule has 1 unspecified atom stereocenters. The lowest BCUT2D eigenvalue weighted by Gasteiger charge is -2.38. The number of amides is 2. The first-order valence-corrected chi connectivity index (χ1v) is 15.5. The maximum absolute atomic E-state index is 14.4. The number of hydrogen-bond acceptors (Lipinski definition) is 7. The third-order valence-corrected chi connectivity index (χ3v) is 8.55. The van der Waals surface area contributed by atoms with Crippen LogP contribution >= 0.6 is 0 Å². The second-order valence-corrected chi connectivity index (χ2v) is 11.6. The van der Waals surface area contributed by atoms with Crippen molar-refractivity contribution in [1.29, 1.82) is 0 Å². The summed E-state index contributed by atoms with van der Waals surface area (Å²) in [7, 11) is 1.58. The van der Waals surface area contributed by atoms with Gasteiger partial charge in [-0.25, -0.2) is 4.98 Å². The van der Waals surface area contributed by atoms with Crippen LogP contribution in [0.1, 0.15) is 55.7 Å². The minimum Gasteiger partial charge on any atom is -0.507 e. The monoisotopic (exact) mass is 630 g/mol. The number of carbonyl (C=O) groups excluding carboxylic acids is 2. The number of imidazole rings is 1. The fourth-order valence-corrected chi connectivity index (χ4v) is 6.21. The third kappa shape index (κ3) is 5.85. The Morgan fingerprint density at radius 3 is 2.66 bits per heavy atom. The molecular weight excluding hydrogens is 596 g/mol. The highest BCUT2D eigenvalue weighted by molar-refractivity contribution is 5.97. The molecule has 238 valence electrons. The number of aromatic nitrogens is 2. The van der Waals surface area contributed by atoms with Gasteiger partial charge in [0.15, 0.2) is 11.5 Å². The van der Waals surface area contributed by atoms with Crippen molar-refractivity contribution >= 4 is 11.8 Å². The molecular formula is C37H34N4O6. The summed E-state index contributed by atoms with van der Waals surface area (Å²) in [5, 5.41) is 13.2. The normalized spacial score (nSPS) is 15.9. The van der Waals surface area contributed by atoms with Gasteiger partial charge in [-0.2, -0.15) is 0 Å². The number of phenols is 1. The van der Waals surface area contributed by atoms with Gasteiger partial charge >= 0.3 is 0 Å². The van der Waals surface area contributed by atoms with E-state index in [0.29, 0.717) is 72.7 Å². The maximum Gasteiger partial charge on any atom is 0.275 e. The Balaban J connectivity index is 1.32. The fraction of sp³-hybridized carbons (Fsp3) is 0.216. The highest BCUT2D eigenvalue weighted by Crippen LogP contribution is 2.41. The van der Waals surface area contributed by atoms with E-state index in [2.05, 4.69) is 10.3 Å². The number of benzene rings is 4. The lowest BCUT2D eigenvalue weighted by atomic mass is 9.87. The van der Waals surface area contributed by atoms with Crippen molar-refractivity contribution < 1.29 is 28.9 Å². The molecule has 0 aliphatic carbocycles. The Bertz CT molecular complexity index is 1970. The number of hydrogen-bond donors (Lipinski definition) is 3. The van der Waals surface area contributed by atoms with E-state index in [9.17, 15) is 14.7 Å². The van der Waals surface area contributed by atoms with Gasteiger partial charge in [-0.05, 0) is 78.9 Å².